The van der Waals surface area contributed by atoms with E-state index < -0.39 is 0 Å². The summed E-state index contributed by atoms with van der Waals surface area (Å²) in [6, 6.07) is 26.9. The summed E-state index contributed by atoms with van der Waals surface area (Å²) in [6.07, 6.45) is 3.36. The zero-order chi connectivity index (χ0) is 17.8. The van der Waals surface area contributed by atoms with E-state index in [1.807, 2.05) is 36.4 Å². The molecule has 0 unspecified atom stereocenters. The Balaban J connectivity index is 1.95. The van der Waals surface area contributed by atoms with Gasteiger partial charge in [0.2, 0.25) is 0 Å². The summed E-state index contributed by atoms with van der Waals surface area (Å²) in [5.74, 6) is 0.763. The van der Waals surface area contributed by atoms with Gasteiger partial charge in [0, 0.05) is 23.5 Å². The van der Waals surface area contributed by atoms with Crippen LogP contribution in [-0.4, -0.2) is 9.97 Å². The minimum Gasteiger partial charge on any atom is -0.423 e. The predicted octanol–water partition coefficient (Wildman–Crippen LogP) is 5.91. The van der Waals surface area contributed by atoms with Gasteiger partial charge in [-0.25, -0.2) is 9.97 Å². The largest absolute Gasteiger partial charge is 0.423 e. The van der Waals surface area contributed by atoms with Gasteiger partial charge in [0.25, 0.3) is 0 Å². The van der Waals surface area contributed by atoms with Gasteiger partial charge in [-0.3, -0.25) is 0 Å². The van der Waals surface area contributed by atoms with Crippen molar-refractivity contribution in [2.24, 2.45) is 0 Å². The maximum atomic E-state index is 6.18. The summed E-state index contributed by atoms with van der Waals surface area (Å²) in [6.45, 7) is 2.10. The Morgan fingerprint density at radius 3 is 1.65 bits per heavy atom. The highest BCUT2D eigenvalue weighted by Crippen LogP contribution is 2.41. The second kappa shape index (κ2) is 7.19. The smallest absolute Gasteiger partial charge is 0.321 e. The number of rotatable bonds is 4. The Kier molecular flexibility index (Phi) is 4.44. The molecule has 0 fully saturated rings. The van der Waals surface area contributed by atoms with Crippen LogP contribution in [0.5, 0.6) is 11.8 Å². The van der Waals surface area contributed by atoms with Crippen LogP contribution in [0.4, 0.5) is 0 Å². The summed E-state index contributed by atoms with van der Waals surface area (Å²) in [7, 11) is 0. The van der Waals surface area contributed by atoms with Gasteiger partial charge < -0.3 is 4.74 Å². The molecule has 0 saturated carbocycles. The molecule has 0 amide bonds. The number of nitrogens with zero attached hydrogens (tertiary/aromatic N) is 2. The molecule has 26 heavy (non-hydrogen) atoms. The second-order valence-electron chi connectivity index (χ2n) is 6.05. The van der Waals surface area contributed by atoms with Gasteiger partial charge in [-0.2, -0.15) is 0 Å². The van der Waals surface area contributed by atoms with Crippen molar-refractivity contribution in [2.45, 2.75) is 6.92 Å². The summed E-state index contributed by atoms with van der Waals surface area (Å²) in [5.41, 5.74) is 5.41. The lowest BCUT2D eigenvalue weighted by Gasteiger charge is -2.16. The fourth-order valence-corrected chi connectivity index (χ4v) is 2.98. The number of hydrogen-bond donors (Lipinski definition) is 0. The van der Waals surface area contributed by atoms with Crippen LogP contribution in [0.25, 0.3) is 22.3 Å². The monoisotopic (exact) mass is 338 g/mol. The molecule has 1 aromatic heterocycles. The molecule has 0 aliphatic rings. The Morgan fingerprint density at radius 2 is 1.15 bits per heavy atom. The molecule has 0 N–H and O–H groups in total. The van der Waals surface area contributed by atoms with Crippen molar-refractivity contribution in [3.8, 4) is 34.0 Å². The topological polar surface area (TPSA) is 35.0 Å². The standard InChI is InChI=1S/C23H18N2O/c1-17-15-20(18-9-4-2-5-10-18)22(26-23-24-13-8-14-25-23)21(16-17)19-11-6-3-7-12-19/h2-16H,1H3. The average Bonchev–Trinajstić information content (AvgIpc) is 2.71. The lowest BCUT2D eigenvalue weighted by atomic mass is 9.95. The third kappa shape index (κ3) is 3.33. The molecule has 0 saturated heterocycles. The minimum absolute atomic E-state index is 0.339. The normalized spacial score (nSPS) is 10.5. The Morgan fingerprint density at radius 1 is 0.654 bits per heavy atom. The number of aromatic nitrogens is 2. The van der Waals surface area contributed by atoms with Crippen LogP contribution < -0.4 is 4.74 Å². The number of ether oxygens (including phenoxy) is 1. The summed E-state index contributed by atoms with van der Waals surface area (Å²) in [5, 5.41) is 0. The van der Waals surface area contributed by atoms with Crippen LogP contribution in [0.3, 0.4) is 0 Å². The Labute approximate surface area is 153 Å². The van der Waals surface area contributed by atoms with Crippen molar-refractivity contribution in [1.29, 1.82) is 0 Å². The van der Waals surface area contributed by atoms with E-state index in [1.54, 1.807) is 18.5 Å². The molecule has 0 aliphatic carbocycles. The molecule has 126 valence electrons. The fourth-order valence-electron chi connectivity index (χ4n) is 2.98. The summed E-state index contributed by atoms with van der Waals surface area (Å²) >= 11 is 0. The van der Waals surface area contributed by atoms with Crippen molar-refractivity contribution in [3.05, 3.63) is 96.8 Å². The van der Waals surface area contributed by atoms with Crippen LogP contribution in [0, 0.1) is 6.92 Å². The van der Waals surface area contributed by atoms with E-state index in [4.69, 9.17) is 4.74 Å². The molecular weight excluding hydrogens is 320 g/mol. The highest BCUT2D eigenvalue weighted by Gasteiger charge is 2.16. The first-order valence-electron chi connectivity index (χ1n) is 8.51. The highest BCUT2D eigenvalue weighted by molar-refractivity contribution is 5.83. The first-order chi connectivity index (χ1) is 12.8. The van der Waals surface area contributed by atoms with Crippen LogP contribution >= 0.6 is 0 Å². The van der Waals surface area contributed by atoms with Crippen molar-refractivity contribution in [3.63, 3.8) is 0 Å². The van der Waals surface area contributed by atoms with E-state index in [1.165, 1.54) is 5.56 Å². The van der Waals surface area contributed by atoms with Crippen LogP contribution in [0.2, 0.25) is 0 Å². The van der Waals surface area contributed by atoms with Crippen LogP contribution in [0.15, 0.2) is 91.3 Å². The molecule has 3 aromatic carbocycles. The van der Waals surface area contributed by atoms with Gasteiger partial charge in [-0.1, -0.05) is 60.7 Å². The molecular formula is C23H18N2O. The van der Waals surface area contributed by atoms with Gasteiger partial charge in [0.1, 0.15) is 5.75 Å². The summed E-state index contributed by atoms with van der Waals surface area (Å²) in [4.78, 5) is 8.47. The molecule has 0 bridgehead atoms. The van der Waals surface area contributed by atoms with Crippen LogP contribution in [0.1, 0.15) is 5.56 Å². The molecule has 1 heterocycles. The first-order valence-corrected chi connectivity index (χ1v) is 8.51. The molecule has 3 nitrogen and oxygen atoms in total. The minimum atomic E-state index is 0.339. The van der Waals surface area contributed by atoms with Crippen LogP contribution in [-0.2, 0) is 0 Å². The average molecular weight is 338 g/mol. The highest BCUT2D eigenvalue weighted by atomic mass is 16.5. The summed E-state index contributed by atoms with van der Waals surface area (Å²) < 4.78 is 6.18. The zero-order valence-corrected chi connectivity index (χ0v) is 14.5. The van der Waals surface area contributed by atoms with Crippen molar-refractivity contribution in [1.82, 2.24) is 9.97 Å². The molecule has 0 aliphatic heterocycles. The first kappa shape index (κ1) is 16.0. The van der Waals surface area contributed by atoms with Gasteiger partial charge >= 0.3 is 6.01 Å². The Hall–Kier alpha value is -3.46. The zero-order valence-electron chi connectivity index (χ0n) is 14.5. The number of benzene rings is 3. The third-order valence-corrected chi connectivity index (χ3v) is 4.14. The third-order valence-electron chi connectivity index (χ3n) is 4.14. The quantitative estimate of drug-likeness (QED) is 0.464. The van der Waals surface area contributed by atoms with Gasteiger partial charge in [-0.15, -0.1) is 0 Å². The lowest BCUT2D eigenvalue weighted by Crippen LogP contribution is -1.96. The Bertz CT molecular complexity index is 940. The molecule has 0 radical (unpaired) electrons. The van der Waals surface area contributed by atoms with E-state index in [-0.39, 0.29) is 0 Å². The predicted molar refractivity (Wildman–Crippen MR) is 104 cm³/mol. The number of aryl methyl sites for hydroxylation is 1. The van der Waals surface area contributed by atoms with E-state index in [9.17, 15) is 0 Å². The molecule has 4 rings (SSSR count). The van der Waals surface area contributed by atoms with E-state index in [0.29, 0.717) is 6.01 Å². The molecule has 3 heteroatoms. The fraction of sp³-hybridized carbons (Fsp3) is 0.0435. The van der Waals surface area contributed by atoms with Crippen molar-refractivity contribution < 1.29 is 4.74 Å². The lowest BCUT2D eigenvalue weighted by molar-refractivity contribution is 0.445. The van der Waals surface area contributed by atoms with Gasteiger partial charge in [0.05, 0.1) is 0 Å². The van der Waals surface area contributed by atoms with E-state index >= 15 is 0 Å². The SMILES string of the molecule is Cc1cc(-c2ccccc2)c(Oc2ncccn2)c(-c2ccccc2)c1. The maximum Gasteiger partial charge on any atom is 0.321 e. The van der Waals surface area contributed by atoms with E-state index in [0.717, 1.165) is 28.0 Å². The van der Waals surface area contributed by atoms with Gasteiger partial charge in [0.15, 0.2) is 0 Å². The number of hydrogen-bond acceptors (Lipinski definition) is 3. The molecule has 0 atom stereocenters. The van der Waals surface area contributed by atoms with Crippen molar-refractivity contribution >= 4 is 0 Å². The van der Waals surface area contributed by atoms with Gasteiger partial charge in [-0.05, 0) is 41.8 Å². The second-order valence-corrected chi connectivity index (χ2v) is 6.05. The van der Waals surface area contributed by atoms with Crippen molar-refractivity contribution in [2.75, 3.05) is 0 Å². The molecule has 4 aromatic rings. The maximum absolute atomic E-state index is 6.18. The molecule has 0 spiro atoms. The van der Waals surface area contributed by atoms with E-state index in [2.05, 4.69) is 53.3 Å².